The number of carbonyl (C=O) groups excluding carboxylic acids is 2. The summed E-state index contributed by atoms with van der Waals surface area (Å²) in [5.41, 5.74) is 0.977. The van der Waals surface area contributed by atoms with E-state index in [9.17, 15) is 9.59 Å². The van der Waals surface area contributed by atoms with Crippen LogP contribution < -0.4 is 15.4 Å². The Balaban J connectivity index is 1.95. The molecule has 1 aromatic heterocycles. The minimum Gasteiger partial charge on any atom is -0.494 e. The van der Waals surface area contributed by atoms with E-state index in [0.29, 0.717) is 33.6 Å². The third-order valence-electron chi connectivity index (χ3n) is 3.20. The van der Waals surface area contributed by atoms with Gasteiger partial charge in [-0.3, -0.25) is 10.1 Å². The van der Waals surface area contributed by atoms with Crippen LogP contribution in [-0.4, -0.2) is 35.7 Å². The van der Waals surface area contributed by atoms with E-state index in [1.54, 1.807) is 31.2 Å². The van der Waals surface area contributed by atoms with E-state index in [0.717, 1.165) is 17.8 Å². The molecule has 2 N–H and O–H groups in total. The number of thiazole rings is 1. The average Bonchev–Trinajstić information content (AvgIpc) is 2.99. The number of aryl methyl sites for hydroxylation is 1. The summed E-state index contributed by atoms with van der Waals surface area (Å²) in [6.07, 6.45) is 0.913. The van der Waals surface area contributed by atoms with Crippen LogP contribution in [-0.2, 0) is 4.74 Å². The third-order valence-corrected chi connectivity index (χ3v) is 4.46. The Kier molecular flexibility index (Phi) is 7.05. The third kappa shape index (κ3) is 5.24. The van der Waals surface area contributed by atoms with Gasteiger partial charge in [0.25, 0.3) is 5.91 Å². The molecule has 0 aliphatic carbocycles. The molecule has 7 nitrogen and oxygen atoms in total. The molecule has 0 bridgehead atoms. The van der Waals surface area contributed by atoms with Gasteiger partial charge in [-0.2, -0.15) is 0 Å². The second-order valence-corrected chi connectivity index (χ2v) is 6.61. The topological polar surface area (TPSA) is 89.5 Å². The predicted octanol–water partition coefficient (Wildman–Crippen LogP) is 3.15. The van der Waals surface area contributed by atoms with E-state index in [1.807, 2.05) is 6.92 Å². The summed E-state index contributed by atoms with van der Waals surface area (Å²) in [5, 5.41) is 5.86. The maximum absolute atomic E-state index is 12.2. The van der Waals surface area contributed by atoms with Crippen LogP contribution in [0.5, 0.6) is 5.75 Å². The highest BCUT2D eigenvalue weighted by Gasteiger charge is 2.17. The van der Waals surface area contributed by atoms with Crippen LogP contribution in [0.15, 0.2) is 24.3 Å². The molecule has 0 atom stereocenters. The maximum atomic E-state index is 12.2. The number of esters is 1. The highest BCUT2D eigenvalue weighted by atomic mass is 32.1. The quantitative estimate of drug-likeness (QED) is 0.575. The molecule has 0 fully saturated rings. The first-order valence-electron chi connectivity index (χ1n) is 7.85. The number of nitrogens with one attached hydrogen (secondary N) is 2. The van der Waals surface area contributed by atoms with Gasteiger partial charge in [0.1, 0.15) is 10.6 Å². The van der Waals surface area contributed by atoms with Crippen molar-refractivity contribution in [1.29, 1.82) is 0 Å². The van der Waals surface area contributed by atoms with Crippen molar-refractivity contribution in [2.75, 3.05) is 19.0 Å². The summed E-state index contributed by atoms with van der Waals surface area (Å²) in [6, 6.07) is 6.78. The first kappa shape index (κ1) is 19.8. The number of ether oxygens (including phenoxy) is 2. The van der Waals surface area contributed by atoms with Gasteiger partial charge in [0, 0.05) is 5.56 Å². The van der Waals surface area contributed by atoms with Crippen molar-refractivity contribution in [2.45, 2.75) is 20.3 Å². The lowest BCUT2D eigenvalue weighted by Crippen LogP contribution is -2.34. The molecule has 0 aliphatic rings. The van der Waals surface area contributed by atoms with E-state index in [2.05, 4.69) is 20.4 Å². The van der Waals surface area contributed by atoms with Crippen molar-refractivity contribution in [3.05, 3.63) is 40.4 Å². The van der Waals surface area contributed by atoms with Crippen LogP contribution in [0, 0.1) is 6.92 Å². The number of rotatable bonds is 6. The largest absolute Gasteiger partial charge is 0.494 e. The summed E-state index contributed by atoms with van der Waals surface area (Å²) >= 11 is 6.23. The fourth-order valence-electron chi connectivity index (χ4n) is 1.96. The van der Waals surface area contributed by atoms with Gasteiger partial charge in [0.15, 0.2) is 10.2 Å². The SMILES string of the molecule is CCCOc1ccc(C(=O)NC(=S)Nc2nc(C)c(C(=O)OC)s2)cc1. The van der Waals surface area contributed by atoms with E-state index in [-0.39, 0.29) is 11.0 Å². The lowest BCUT2D eigenvalue weighted by Gasteiger charge is -2.08. The molecule has 138 valence electrons. The maximum Gasteiger partial charge on any atom is 0.350 e. The summed E-state index contributed by atoms with van der Waals surface area (Å²) in [6.45, 7) is 4.34. The van der Waals surface area contributed by atoms with E-state index >= 15 is 0 Å². The molecule has 0 radical (unpaired) electrons. The van der Waals surface area contributed by atoms with Crippen LogP contribution >= 0.6 is 23.6 Å². The van der Waals surface area contributed by atoms with Crippen molar-refractivity contribution in [2.24, 2.45) is 0 Å². The molecule has 1 amide bonds. The molecular weight excluding hydrogens is 374 g/mol. The zero-order valence-corrected chi connectivity index (χ0v) is 16.3. The summed E-state index contributed by atoms with van der Waals surface area (Å²) in [5.74, 6) is -0.114. The molecule has 26 heavy (non-hydrogen) atoms. The summed E-state index contributed by atoms with van der Waals surface area (Å²) in [4.78, 5) is 28.4. The standard InChI is InChI=1S/C17H19N3O4S2/c1-4-9-24-12-7-5-11(6-8-12)14(21)19-16(25)20-17-18-10(2)13(26-17)15(22)23-3/h5-8H,4,9H2,1-3H3,(H2,18,19,20,21,25). The van der Waals surface area contributed by atoms with Crippen molar-refractivity contribution in [1.82, 2.24) is 10.3 Å². The van der Waals surface area contributed by atoms with E-state index in [1.165, 1.54) is 7.11 Å². The first-order chi connectivity index (χ1) is 12.4. The molecule has 0 saturated carbocycles. The Morgan fingerprint density at radius 3 is 2.58 bits per heavy atom. The van der Waals surface area contributed by atoms with Gasteiger partial charge in [0.2, 0.25) is 0 Å². The lowest BCUT2D eigenvalue weighted by molar-refractivity contribution is 0.0605. The summed E-state index contributed by atoms with van der Waals surface area (Å²) in [7, 11) is 1.30. The fourth-order valence-corrected chi connectivity index (χ4v) is 3.10. The number of anilines is 1. The molecule has 2 aromatic rings. The minimum atomic E-state index is -0.464. The second kappa shape index (κ2) is 9.25. The van der Waals surface area contributed by atoms with Crippen LogP contribution in [0.25, 0.3) is 0 Å². The predicted molar refractivity (Wildman–Crippen MR) is 104 cm³/mol. The molecular formula is C17H19N3O4S2. The molecule has 1 aromatic carbocycles. The number of benzene rings is 1. The zero-order valence-electron chi connectivity index (χ0n) is 14.6. The lowest BCUT2D eigenvalue weighted by atomic mass is 10.2. The van der Waals surface area contributed by atoms with Crippen LogP contribution in [0.1, 0.15) is 39.1 Å². The van der Waals surface area contributed by atoms with E-state index < -0.39 is 5.97 Å². The Labute approximate surface area is 160 Å². The van der Waals surface area contributed by atoms with Crippen molar-refractivity contribution >= 4 is 45.7 Å². The number of methoxy groups -OCH3 is 1. The van der Waals surface area contributed by atoms with E-state index in [4.69, 9.17) is 17.0 Å². The van der Waals surface area contributed by atoms with Gasteiger partial charge in [-0.1, -0.05) is 18.3 Å². The van der Waals surface area contributed by atoms with Crippen molar-refractivity contribution < 1.29 is 19.1 Å². The Bertz CT molecular complexity index is 803. The highest BCUT2D eigenvalue weighted by molar-refractivity contribution is 7.80. The molecule has 2 rings (SSSR count). The number of aromatic nitrogens is 1. The van der Waals surface area contributed by atoms with Gasteiger partial charge in [-0.25, -0.2) is 9.78 Å². The van der Waals surface area contributed by atoms with Crippen molar-refractivity contribution in [3.63, 3.8) is 0 Å². The second-order valence-electron chi connectivity index (χ2n) is 5.21. The number of carbonyl (C=O) groups is 2. The Morgan fingerprint density at radius 2 is 1.96 bits per heavy atom. The molecule has 1 heterocycles. The molecule has 0 spiro atoms. The van der Waals surface area contributed by atoms with Gasteiger partial charge in [-0.05, 0) is 49.8 Å². The van der Waals surface area contributed by atoms with Crippen LogP contribution in [0.2, 0.25) is 0 Å². The molecule has 0 unspecified atom stereocenters. The fraction of sp³-hybridized carbons (Fsp3) is 0.294. The Morgan fingerprint density at radius 1 is 1.27 bits per heavy atom. The number of hydrogen-bond acceptors (Lipinski definition) is 7. The van der Waals surface area contributed by atoms with Crippen molar-refractivity contribution in [3.8, 4) is 5.75 Å². The number of thiocarbonyl (C=S) groups is 1. The monoisotopic (exact) mass is 393 g/mol. The Hall–Kier alpha value is -2.52. The van der Waals surface area contributed by atoms with Crippen LogP contribution in [0.3, 0.4) is 0 Å². The van der Waals surface area contributed by atoms with Gasteiger partial charge in [-0.15, -0.1) is 0 Å². The molecule has 9 heteroatoms. The molecule has 0 saturated heterocycles. The zero-order chi connectivity index (χ0) is 19.1. The first-order valence-corrected chi connectivity index (χ1v) is 9.08. The minimum absolute atomic E-state index is 0.0893. The number of nitrogens with zero attached hydrogens (tertiary/aromatic N) is 1. The smallest absolute Gasteiger partial charge is 0.350 e. The number of hydrogen-bond donors (Lipinski definition) is 2. The highest BCUT2D eigenvalue weighted by Crippen LogP contribution is 2.23. The van der Waals surface area contributed by atoms with Gasteiger partial charge >= 0.3 is 5.97 Å². The number of amides is 1. The van der Waals surface area contributed by atoms with Crippen LogP contribution in [0.4, 0.5) is 5.13 Å². The summed E-state index contributed by atoms with van der Waals surface area (Å²) < 4.78 is 10.2. The molecule has 0 aliphatic heterocycles. The average molecular weight is 393 g/mol. The van der Waals surface area contributed by atoms with Gasteiger partial charge in [0.05, 0.1) is 19.4 Å². The normalized spacial score (nSPS) is 10.1. The van der Waals surface area contributed by atoms with Gasteiger partial charge < -0.3 is 14.8 Å².